The molecule has 0 amide bonds. The molecule has 16 heavy (non-hydrogen) atoms. The lowest BCUT2D eigenvalue weighted by molar-refractivity contribution is 0.431. The highest BCUT2D eigenvalue weighted by atomic mass is 15.0. The molecule has 0 fully saturated rings. The molecule has 0 bridgehead atoms. The van der Waals surface area contributed by atoms with Crippen LogP contribution in [0.25, 0.3) is 5.70 Å². The Morgan fingerprint density at radius 2 is 1.94 bits per heavy atom. The van der Waals surface area contributed by atoms with Crippen LogP contribution in [-0.2, 0) is 0 Å². The van der Waals surface area contributed by atoms with Crippen LogP contribution in [0, 0.1) is 5.41 Å². The predicted molar refractivity (Wildman–Crippen MR) is 69.8 cm³/mol. The van der Waals surface area contributed by atoms with Gasteiger partial charge in [0.2, 0.25) is 0 Å². The van der Waals surface area contributed by atoms with Crippen molar-refractivity contribution in [2.45, 2.75) is 27.2 Å². The van der Waals surface area contributed by atoms with Crippen molar-refractivity contribution in [2.24, 2.45) is 10.4 Å². The molecule has 1 aliphatic rings. The van der Waals surface area contributed by atoms with Crippen LogP contribution in [0.4, 0.5) is 5.69 Å². The zero-order valence-corrected chi connectivity index (χ0v) is 10.2. The number of benzene rings is 1. The van der Waals surface area contributed by atoms with Gasteiger partial charge in [-0.3, -0.25) is 0 Å². The Morgan fingerprint density at radius 1 is 1.25 bits per heavy atom. The second kappa shape index (κ2) is 3.78. The topological polar surface area (TPSA) is 24.4 Å². The Bertz CT molecular complexity index is 450. The Hall–Kier alpha value is -1.57. The number of nitrogens with one attached hydrogen (secondary N) is 1. The lowest BCUT2D eigenvalue weighted by Crippen LogP contribution is -2.28. The molecule has 0 saturated carbocycles. The van der Waals surface area contributed by atoms with Crippen molar-refractivity contribution < 1.29 is 0 Å². The molecule has 2 rings (SSSR count). The number of hydrogen-bond donors (Lipinski definition) is 1. The summed E-state index contributed by atoms with van der Waals surface area (Å²) in [4.78, 5) is 4.63. The van der Waals surface area contributed by atoms with E-state index < -0.39 is 0 Å². The maximum Gasteiger partial charge on any atom is 0.107 e. The Morgan fingerprint density at radius 3 is 2.62 bits per heavy atom. The average Bonchev–Trinajstić information content (AvgIpc) is 2.15. The number of amidine groups is 1. The Kier molecular flexibility index (Phi) is 2.58. The van der Waals surface area contributed by atoms with E-state index in [0.717, 1.165) is 29.2 Å². The van der Waals surface area contributed by atoms with Gasteiger partial charge in [0.15, 0.2) is 0 Å². The summed E-state index contributed by atoms with van der Waals surface area (Å²) in [7, 11) is 0. The van der Waals surface area contributed by atoms with Crippen LogP contribution in [0.15, 0.2) is 35.8 Å². The standard InChI is InChI=1S/C14H18N2/c1-10-11-7-5-6-8-12(11)16-13(15-10)9-14(2,3)4/h5-8H,1,9H2,2-4H3,(H,15,16). The summed E-state index contributed by atoms with van der Waals surface area (Å²) in [6, 6.07) is 8.09. The molecule has 1 N–H and O–H groups in total. The van der Waals surface area contributed by atoms with Crippen LogP contribution in [0.5, 0.6) is 0 Å². The molecule has 0 atom stereocenters. The van der Waals surface area contributed by atoms with Crippen LogP contribution < -0.4 is 5.32 Å². The van der Waals surface area contributed by atoms with E-state index in [-0.39, 0.29) is 5.41 Å². The number of nitrogens with zero attached hydrogens (tertiary/aromatic N) is 1. The molecule has 2 nitrogen and oxygen atoms in total. The number of aliphatic imine (C=N–C) groups is 1. The van der Waals surface area contributed by atoms with Crippen LogP contribution in [-0.4, -0.2) is 5.84 Å². The number of hydrogen-bond acceptors (Lipinski definition) is 2. The summed E-state index contributed by atoms with van der Waals surface area (Å²) in [5.74, 6) is 1.01. The molecule has 0 saturated heterocycles. The van der Waals surface area contributed by atoms with E-state index in [1.165, 1.54) is 0 Å². The van der Waals surface area contributed by atoms with E-state index >= 15 is 0 Å². The summed E-state index contributed by atoms with van der Waals surface area (Å²) in [6.07, 6.45) is 0.931. The second-order valence-corrected chi connectivity index (χ2v) is 5.42. The molecule has 1 heterocycles. The van der Waals surface area contributed by atoms with E-state index in [2.05, 4.69) is 37.7 Å². The van der Waals surface area contributed by atoms with Crippen molar-refractivity contribution in [3.8, 4) is 0 Å². The van der Waals surface area contributed by atoms with E-state index in [9.17, 15) is 0 Å². The van der Waals surface area contributed by atoms with Crippen LogP contribution in [0.3, 0.4) is 0 Å². The van der Waals surface area contributed by atoms with Gasteiger partial charge in [-0.15, -0.1) is 0 Å². The molecular weight excluding hydrogens is 196 g/mol. The van der Waals surface area contributed by atoms with Crippen LogP contribution >= 0.6 is 0 Å². The van der Waals surface area contributed by atoms with Crippen LogP contribution in [0.1, 0.15) is 32.8 Å². The predicted octanol–water partition coefficient (Wildman–Crippen LogP) is 3.73. The van der Waals surface area contributed by atoms with E-state index in [1.807, 2.05) is 24.3 Å². The first-order valence-electron chi connectivity index (χ1n) is 5.59. The third-order valence-electron chi connectivity index (χ3n) is 2.48. The molecule has 1 aromatic carbocycles. The van der Waals surface area contributed by atoms with Gasteiger partial charge >= 0.3 is 0 Å². The first-order valence-corrected chi connectivity index (χ1v) is 5.59. The van der Waals surface area contributed by atoms with E-state index in [0.29, 0.717) is 0 Å². The number of fused-ring (bicyclic) bond motifs is 1. The molecule has 0 radical (unpaired) electrons. The summed E-state index contributed by atoms with van der Waals surface area (Å²) >= 11 is 0. The third kappa shape index (κ3) is 2.32. The van der Waals surface area contributed by atoms with E-state index in [4.69, 9.17) is 0 Å². The first kappa shape index (κ1) is 10.9. The van der Waals surface area contributed by atoms with Gasteiger partial charge in [-0.2, -0.15) is 0 Å². The number of rotatable bonds is 1. The summed E-state index contributed by atoms with van der Waals surface area (Å²) in [5, 5.41) is 3.28. The minimum absolute atomic E-state index is 0.235. The highest BCUT2D eigenvalue weighted by Gasteiger charge is 2.19. The Labute approximate surface area is 97.1 Å². The summed E-state index contributed by atoms with van der Waals surface area (Å²) in [6.45, 7) is 10.7. The first-order chi connectivity index (χ1) is 7.46. The molecule has 0 unspecified atom stereocenters. The normalized spacial score (nSPS) is 15.2. The molecular formula is C14H18N2. The SMILES string of the molecule is C=C1NC(CC(C)(C)C)=Nc2ccccc21. The van der Waals surface area contributed by atoms with Crippen molar-refractivity contribution in [1.29, 1.82) is 0 Å². The van der Waals surface area contributed by atoms with E-state index in [1.54, 1.807) is 0 Å². The lowest BCUT2D eigenvalue weighted by atomic mass is 9.91. The van der Waals surface area contributed by atoms with Crippen molar-refractivity contribution in [2.75, 3.05) is 0 Å². The van der Waals surface area contributed by atoms with Gasteiger partial charge in [0.1, 0.15) is 5.84 Å². The van der Waals surface area contributed by atoms with Crippen molar-refractivity contribution in [1.82, 2.24) is 5.32 Å². The van der Waals surface area contributed by atoms with Crippen molar-refractivity contribution in [3.63, 3.8) is 0 Å². The minimum atomic E-state index is 0.235. The van der Waals surface area contributed by atoms with Gasteiger partial charge in [-0.1, -0.05) is 45.5 Å². The van der Waals surface area contributed by atoms with Crippen molar-refractivity contribution >= 4 is 17.2 Å². The van der Waals surface area contributed by atoms with Crippen molar-refractivity contribution in [3.05, 3.63) is 36.4 Å². The average molecular weight is 214 g/mol. The zero-order valence-electron chi connectivity index (χ0n) is 10.2. The fourth-order valence-electron chi connectivity index (χ4n) is 1.83. The largest absolute Gasteiger partial charge is 0.344 e. The molecule has 0 spiro atoms. The highest BCUT2D eigenvalue weighted by molar-refractivity contribution is 5.97. The quantitative estimate of drug-likeness (QED) is 0.757. The fourth-order valence-corrected chi connectivity index (χ4v) is 1.83. The van der Waals surface area contributed by atoms with Gasteiger partial charge in [-0.05, 0) is 11.5 Å². The van der Waals surface area contributed by atoms with Crippen LogP contribution in [0.2, 0.25) is 0 Å². The van der Waals surface area contributed by atoms with Gasteiger partial charge < -0.3 is 5.32 Å². The summed E-state index contributed by atoms with van der Waals surface area (Å²) < 4.78 is 0. The molecule has 1 aromatic rings. The Balaban J connectivity index is 2.33. The smallest absolute Gasteiger partial charge is 0.107 e. The second-order valence-electron chi connectivity index (χ2n) is 5.42. The summed E-state index contributed by atoms with van der Waals surface area (Å²) in [5.41, 5.74) is 3.30. The lowest BCUT2D eigenvalue weighted by Gasteiger charge is -2.25. The zero-order chi connectivity index (χ0) is 11.8. The highest BCUT2D eigenvalue weighted by Crippen LogP contribution is 2.30. The fraction of sp³-hybridized carbons (Fsp3) is 0.357. The van der Waals surface area contributed by atoms with Gasteiger partial charge in [0.25, 0.3) is 0 Å². The van der Waals surface area contributed by atoms with Gasteiger partial charge in [0.05, 0.1) is 5.69 Å². The van der Waals surface area contributed by atoms with Gasteiger partial charge in [-0.25, -0.2) is 4.99 Å². The molecule has 0 aromatic heterocycles. The molecule has 1 aliphatic heterocycles. The molecule has 2 heteroatoms. The number of para-hydroxylation sites is 1. The monoisotopic (exact) mass is 214 g/mol. The molecule has 84 valence electrons. The maximum absolute atomic E-state index is 4.63. The maximum atomic E-state index is 4.63. The van der Waals surface area contributed by atoms with Gasteiger partial charge in [0, 0.05) is 17.7 Å². The minimum Gasteiger partial charge on any atom is -0.344 e. The molecule has 0 aliphatic carbocycles. The third-order valence-corrected chi connectivity index (χ3v) is 2.48.